The monoisotopic (exact) mass is 261 g/mol. The second kappa shape index (κ2) is 5.76. The third-order valence-electron chi connectivity index (χ3n) is 2.55. The molecule has 1 aliphatic heterocycles. The average molecular weight is 261 g/mol. The van der Waals surface area contributed by atoms with Crippen molar-refractivity contribution in [2.75, 3.05) is 32.9 Å². The molecule has 1 heterocycles. The summed E-state index contributed by atoms with van der Waals surface area (Å²) in [6.07, 6.45) is 0. The first-order valence-electron chi connectivity index (χ1n) is 5.20. The number of amides is 4. The van der Waals surface area contributed by atoms with E-state index in [-0.39, 0.29) is 6.54 Å². The molecule has 0 unspecified atom stereocenters. The van der Waals surface area contributed by atoms with Gasteiger partial charge in [0.25, 0.3) is 5.91 Å². The van der Waals surface area contributed by atoms with Gasteiger partial charge in [-0.05, 0) is 0 Å². The summed E-state index contributed by atoms with van der Waals surface area (Å²) >= 11 is 0. The molecule has 5 N–H and O–H groups in total. The van der Waals surface area contributed by atoms with Crippen LogP contribution >= 0.6 is 0 Å². The lowest BCUT2D eigenvalue weighted by atomic mass is 10.0. The molecule has 9 nitrogen and oxygen atoms in total. The molecule has 0 aliphatic carbocycles. The molecule has 1 saturated heterocycles. The Balaban J connectivity index is 2.60. The molecule has 4 amide bonds. The molecule has 1 rings (SSSR count). The minimum absolute atomic E-state index is 0.169. The molecule has 0 aromatic rings. The fourth-order valence-corrected chi connectivity index (χ4v) is 1.36. The highest BCUT2D eigenvalue weighted by Crippen LogP contribution is 2.03. The van der Waals surface area contributed by atoms with Crippen LogP contribution in [0, 0.1) is 0 Å². The largest absolute Gasteiger partial charge is 0.394 e. The van der Waals surface area contributed by atoms with Crippen molar-refractivity contribution < 1.29 is 29.7 Å². The average Bonchev–Trinajstić information content (AvgIpc) is 2.68. The van der Waals surface area contributed by atoms with Crippen molar-refractivity contribution in [3.05, 3.63) is 0 Å². The Morgan fingerprint density at radius 3 is 2.22 bits per heavy atom. The highest BCUT2D eigenvalue weighted by molar-refractivity contribution is 6.04. The predicted octanol–water partition coefficient (Wildman–Crippen LogP) is -3.63. The lowest BCUT2D eigenvalue weighted by Crippen LogP contribution is -2.59. The van der Waals surface area contributed by atoms with Gasteiger partial charge in [-0.2, -0.15) is 0 Å². The van der Waals surface area contributed by atoms with Crippen LogP contribution in [-0.2, 0) is 9.59 Å². The van der Waals surface area contributed by atoms with Gasteiger partial charge < -0.3 is 26.0 Å². The maximum absolute atomic E-state index is 11.6. The van der Waals surface area contributed by atoms with Gasteiger partial charge in [-0.3, -0.25) is 14.5 Å². The number of aliphatic hydroxyl groups is 3. The molecule has 0 atom stereocenters. The Hall–Kier alpha value is -1.71. The number of hydrogen-bond donors (Lipinski definition) is 5. The van der Waals surface area contributed by atoms with Crippen molar-refractivity contribution in [3.63, 3.8) is 0 Å². The number of nitrogens with zero attached hydrogens (tertiary/aromatic N) is 1. The molecule has 0 spiro atoms. The molecule has 0 aromatic heterocycles. The normalized spacial score (nSPS) is 15.8. The molecular formula is C9H15N3O6. The van der Waals surface area contributed by atoms with E-state index in [1.54, 1.807) is 0 Å². The van der Waals surface area contributed by atoms with Crippen molar-refractivity contribution >= 4 is 17.8 Å². The van der Waals surface area contributed by atoms with Crippen LogP contribution in [0.1, 0.15) is 0 Å². The van der Waals surface area contributed by atoms with Gasteiger partial charge in [-0.15, -0.1) is 0 Å². The van der Waals surface area contributed by atoms with E-state index in [1.807, 2.05) is 0 Å². The molecule has 102 valence electrons. The third-order valence-corrected chi connectivity index (χ3v) is 2.55. The Morgan fingerprint density at radius 1 is 1.28 bits per heavy atom. The number of rotatable bonds is 6. The van der Waals surface area contributed by atoms with Crippen LogP contribution in [0.15, 0.2) is 0 Å². The fraction of sp³-hybridized carbons (Fsp3) is 0.667. The summed E-state index contributed by atoms with van der Waals surface area (Å²) in [7, 11) is 0. The first-order valence-corrected chi connectivity index (χ1v) is 5.20. The number of urea groups is 1. The number of hydrogen-bond acceptors (Lipinski definition) is 6. The van der Waals surface area contributed by atoms with Gasteiger partial charge in [0, 0.05) is 0 Å². The predicted molar refractivity (Wildman–Crippen MR) is 57.2 cm³/mol. The first kappa shape index (κ1) is 14.4. The second-order valence-electron chi connectivity index (χ2n) is 3.94. The van der Waals surface area contributed by atoms with Gasteiger partial charge in [-0.1, -0.05) is 0 Å². The van der Waals surface area contributed by atoms with Gasteiger partial charge in [0.1, 0.15) is 12.1 Å². The number of imide groups is 1. The standard InChI is InChI=1S/C9H15N3O6/c13-3-9(4-14,5-15)11-6(16)2-12-7(17)1-10-8(12)18/h13-15H,1-5H2,(H,10,18)(H,11,16). The van der Waals surface area contributed by atoms with Gasteiger partial charge in [0.15, 0.2) is 0 Å². The summed E-state index contributed by atoms with van der Waals surface area (Å²) in [6.45, 7) is -2.73. The minimum atomic E-state index is -1.57. The van der Waals surface area contributed by atoms with Crippen LogP contribution in [0.25, 0.3) is 0 Å². The van der Waals surface area contributed by atoms with Gasteiger partial charge >= 0.3 is 6.03 Å². The fourth-order valence-electron chi connectivity index (χ4n) is 1.36. The van der Waals surface area contributed by atoms with Gasteiger partial charge in [-0.25, -0.2) is 4.79 Å². The summed E-state index contributed by atoms with van der Waals surface area (Å²) in [5, 5.41) is 31.4. The smallest absolute Gasteiger partial charge is 0.325 e. The van der Waals surface area contributed by atoms with Crippen LogP contribution in [-0.4, -0.2) is 76.5 Å². The molecular weight excluding hydrogens is 246 g/mol. The van der Waals surface area contributed by atoms with Crippen LogP contribution in [0.5, 0.6) is 0 Å². The maximum Gasteiger partial charge on any atom is 0.325 e. The summed E-state index contributed by atoms with van der Waals surface area (Å²) in [6, 6.07) is -0.683. The van der Waals surface area contributed by atoms with Crippen molar-refractivity contribution in [1.29, 1.82) is 0 Å². The molecule has 0 bridgehead atoms. The quantitative estimate of drug-likeness (QED) is 0.313. The van der Waals surface area contributed by atoms with Crippen LogP contribution in [0.4, 0.5) is 4.79 Å². The Morgan fingerprint density at radius 2 is 1.83 bits per heavy atom. The summed E-state index contributed by atoms with van der Waals surface area (Å²) in [4.78, 5) is 34.6. The van der Waals surface area contributed by atoms with Crippen molar-refractivity contribution in [3.8, 4) is 0 Å². The second-order valence-corrected chi connectivity index (χ2v) is 3.94. The van der Waals surface area contributed by atoms with Crippen molar-refractivity contribution in [1.82, 2.24) is 15.5 Å². The molecule has 18 heavy (non-hydrogen) atoms. The van der Waals surface area contributed by atoms with E-state index in [0.717, 1.165) is 0 Å². The summed E-state index contributed by atoms with van der Waals surface area (Å²) < 4.78 is 0. The van der Waals surface area contributed by atoms with Crippen molar-refractivity contribution in [2.45, 2.75) is 5.54 Å². The van der Waals surface area contributed by atoms with E-state index in [2.05, 4.69) is 10.6 Å². The molecule has 1 aliphatic rings. The Bertz CT molecular complexity index is 330. The van der Waals surface area contributed by atoms with Gasteiger partial charge in [0.2, 0.25) is 5.91 Å². The van der Waals surface area contributed by atoms with E-state index >= 15 is 0 Å². The molecule has 0 aromatic carbocycles. The molecule has 0 saturated carbocycles. The number of nitrogens with one attached hydrogen (secondary N) is 2. The van der Waals surface area contributed by atoms with Crippen LogP contribution in [0.2, 0.25) is 0 Å². The maximum atomic E-state index is 11.6. The first-order chi connectivity index (χ1) is 8.48. The molecule has 0 radical (unpaired) electrons. The molecule has 9 heteroatoms. The topological polar surface area (TPSA) is 139 Å². The Kier molecular flexibility index (Phi) is 4.59. The van der Waals surface area contributed by atoms with E-state index in [0.29, 0.717) is 4.90 Å². The lowest BCUT2D eigenvalue weighted by Gasteiger charge is -2.29. The number of carbonyl (C=O) groups is 3. The van der Waals surface area contributed by atoms with Crippen molar-refractivity contribution in [2.24, 2.45) is 0 Å². The minimum Gasteiger partial charge on any atom is -0.394 e. The lowest BCUT2D eigenvalue weighted by molar-refractivity contribution is -0.132. The third kappa shape index (κ3) is 2.94. The zero-order valence-corrected chi connectivity index (χ0v) is 9.55. The highest BCUT2D eigenvalue weighted by atomic mass is 16.3. The highest BCUT2D eigenvalue weighted by Gasteiger charge is 2.34. The number of aliphatic hydroxyl groups excluding tert-OH is 3. The van der Waals surface area contributed by atoms with E-state index in [4.69, 9.17) is 15.3 Å². The van der Waals surface area contributed by atoms with Crippen LogP contribution in [0.3, 0.4) is 0 Å². The SMILES string of the molecule is O=C(CN1C(=O)CNC1=O)NC(CO)(CO)CO. The zero-order chi connectivity index (χ0) is 13.8. The summed E-state index contributed by atoms with van der Waals surface area (Å²) in [5.74, 6) is -1.31. The van der Waals surface area contributed by atoms with Gasteiger partial charge in [0.05, 0.1) is 26.4 Å². The van der Waals surface area contributed by atoms with E-state index in [1.165, 1.54) is 0 Å². The Labute approximate surface area is 102 Å². The van der Waals surface area contributed by atoms with E-state index in [9.17, 15) is 14.4 Å². The summed E-state index contributed by atoms with van der Waals surface area (Å²) in [5.41, 5.74) is -1.57. The molecule has 1 fully saturated rings. The zero-order valence-electron chi connectivity index (χ0n) is 9.55. The van der Waals surface area contributed by atoms with Crippen LogP contribution < -0.4 is 10.6 Å². The number of carbonyl (C=O) groups excluding carboxylic acids is 3. The van der Waals surface area contributed by atoms with E-state index < -0.39 is 49.7 Å².